The van der Waals surface area contributed by atoms with Gasteiger partial charge in [-0.25, -0.2) is 0 Å². The molecule has 33 heavy (non-hydrogen) atoms. The predicted octanol–water partition coefficient (Wildman–Crippen LogP) is 8.48. The smallest absolute Gasteiger partial charge is 0.334 e. The van der Waals surface area contributed by atoms with E-state index in [-0.39, 0.29) is 0 Å². The zero-order valence-electron chi connectivity index (χ0n) is 25.0. The normalized spacial score (nSPS) is 14.4. The van der Waals surface area contributed by atoms with Gasteiger partial charge in [0, 0.05) is 14.2 Å². The molecule has 0 aromatic heterocycles. The first-order chi connectivity index (χ1) is 15.2. The third kappa shape index (κ3) is 9.72. The molecule has 4 nitrogen and oxygen atoms in total. The van der Waals surface area contributed by atoms with Crippen LogP contribution in [0.1, 0.15) is 48.0 Å². The van der Waals surface area contributed by atoms with Gasteiger partial charge in [-0.2, -0.15) is 0 Å². The van der Waals surface area contributed by atoms with Crippen molar-refractivity contribution in [3.63, 3.8) is 0 Å². The van der Waals surface area contributed by atoms with Crippen molar-refractivity contribution in [3.8, 4) is 0 Å². The second kappa shape index (κ2) is 14.6. The summed E-state index contributed by atoms with van der Waals surface area (Å²) in [6.07, 6.45) is 1.32. The molecule has 0 aliphatic heterocycles. The van der Waals surface area contributed by atoms with Gasteiger partial charge in [-0.3, -0.25) is 0 Å². The van der Waals surface area contributed by atoms with E-state index in [9.17, 15) is 0 Å². The Morgan fingerprint density at radius 3 is 1.24 bits per heavy atom. The van der Waals surface area contributed by atoms with Gasteiger partial charge in [-0.15, -0.1) is 0 Å². The molecule has 0 fully saturated rings. The molecule has 0 aromatic carbocycles. The van der Waals surface area contributed by atoms with Gasteiger partial charge in [0.1, 0.15) is 16.5 Å². The Hall–Kier alpha value is 0.924. The van der Waals surface area contributed by atoms with Crippen LogP contribution in [0.2, 0.25) is 87.1 Å². The molecule has 200 valence electrons. The van der Waals surface area contributed by atoms with Crippen LogP contribution in [0.4, 0.5) is 0 Å². The molecular weight excluding hydrogens is 491 g/mol. The molecule has 0 atom stereocenters. The average Bonchev–Trinajstić information content (AvgIpc) is 2.79. The summed E-state index contributed by atoms with van der Waals surface area (Å²) in [4.78, 5) is 0. The van der Waals surface area contributed by atoms with Gasteiger partial charge >= 0.3 is 8.56 Å². The maximum absolute atomic E-state index is 7.01. The third-order valence-electron chi connectivity index (χ3n) is 8.85. The molecular formula is C24H61NO3Si5. The predicted molar refractivity (Wildman–Crippen MR) is 162 cm³/mol. The maximum atomic E-state index is 7.01. The zero-order chi connectivity index (χ0) is 26.0. The molecule has 9 heteroatoms. The monoisotopic (exact) mass is 551 g/mol. The summed E-state index contributed by atoms with van der Waals surface area (Å²) in [6.45, 7) is 28.1. The van der Waals surface area contributed by atoms with Gasteiger partial charge in [0.25, 0.3) is 0 Å². The van der Waals surface area contributed by atoms with E-state index in [2.05, 4.69) is 78.5 Å². The lowest BCUT2D eigenvalue weighted by molar-refractivity contribution is 0.250. The Bertz CT molecular complexity index is 500. The molecule has 0 saturated heterocycles. The highest BCUT2D eigenvalue weighted by molar-refractivity contribution is 6.92. The summed E-state index contributed by atoms with van der Waals surface area (Å²) >= 11 is 0. The fourth-order valence-electron chi connectivity index (χ4n) is 5.95. The highest BCUT2D eigenvalue weighted by atomic mass is 28.4. The number of hydrogen-bond donors (Lipinski definition) is 0. The largest absolute Gasteiger partial charge is 0.456 e. The van der Waals surface area contributed by atoms with E-state index < -0.39 is 41.7 Å². The van der Waals surface area contributed by atoms with E-state index in [1.54, 1.807) is 14.2 Å². The van der Waals surface area contributed by atoms with Crippen molar-refractivity contribution in [1.29, 1.82) is 0 Å². The van der Waals surface area contributed by atoms with Crippen molar-refractivity contribution in [2.75, 3.05) is 20.8 Å². The summed E-state index contributed by atoms with van der Waals surface area (Å²) in [5.41, 5.74) is 0. The van der Waals surface area contributed by atoms with E-state index in [0.29, 0.717) is 0 Å². The minimum absolute atomic E-state index is 1.03. The van der Waals surface area contributed by atoms with Gasteiger partial charge in [0.05, 0.1) is 0 Å². The van der Waals surface area contributed by atoms with Crippen LogP contribution >= 0.6 is 0 Å². The second-order valence-electron chi connectivity index (χ2n) is 11.5. The van der Waals surface area contributed by atoms with Crippen molar-refractivity contribution < 1.29 is 13.0 Å². The van der Waals surface area contributed by atoms with E-state index in [4.69, 9.17) is 13.0 Å². The van der Waals surface area contributed by atoms with Crippen molar-refractivity contribution in [3.05, 3.63) is 0 Å². The Morgan fingerprint density at radius 2 is 0.909 bits per heavy atom. The number of nitrogens with zero attached hydrogens (tertiary/aromatic N) is 1. The summed E-state index contributed by atoms with van der Waals surface area (Å²) in [6, 6.07) is 11.9. The van der Waals surface area contributed by atoms with Gasteiger partial charge in [0.15, 0.2) is 16.6 Å². The fourth-order valence-corrected chi connectivity index (χ4v) is 32.0. The zero-order valence-corrected chi connectivity index (χ0v) is 30.0. The highest BCUT2D eigenvalue weighted by Gasteiger charge is 2.46. The minimum atomic E-state index is -2.02. The van der Waals surface area contributed by atoms with Crippen molar-refractivity contribution in [1.82, 2.24) is 4.23 Å². The van der Waals surface area contributed by atoms with E-state index in [1.165, 1.54) is 55.3 Å². The molecule has 0 aliphatic rings. The van der Waals surface area contributed by atoms with Crippen molar-refractivity contribution >= 4 is 41.7 Å². The first-order valence-corrected chi connectivity index (χ1v) is 27.7. The SMILES string of the molecule is CC[Si](CC)(CC)N(CCC[Si](C)(C)O[Si](C)(C)CC[Si](C)(OC)OC)[Si](CC)(CC)CC. The molecule has 0 amide bonds. The van der Waals surface area contributed by atoms with E-state index >= 15 is 0 Å². The lowest BCUT2D eigenvalue weighted by Gasteiger charge is -2.52. The molecule has 0 radical (unpaired) electrons. The first kappa shape index (κ1) is 33.9. The van der Waals surface area contributed by atoms with Crippen molar-refractivity contribution in [2.24, 2.45) is 0 Å². The molecule has 0 saturated carbocycles. The molecule has 0 spiro atoms. The Balaban J connectivity index is 5.39. The molecule has 0 aliphatic carbocycles. The lowest BCUT2D eigenvalue weighted by atomic mass is 10.5. The third-order valence-corrected chi connectivity index (χ3v) is 33.2. The molecule has 0 bridgehead atoms. The molecule has 0 N–H and O–H groups in total. The van der Waals surface area contributed by atoms with Crippen LogP contribution < -0.4 is 0 Å². The summed E-state index contributed by atoms with van der Waals surface area (Å²) in [7, 11) is -4.60. The van der Waals surface area contributed by atoms with Gasteiger partial charge in [-0.05, 0) is 100 Å². The average molecular weight is 552 g/mol. The van der Waals surface area contributed by atoms with Crippen LogP contribution in [0, 0.1) is 0 Å². The number of hydrogen-bond acceptors (Lipinski definition) is 4. The topological polar surface area (TPSA) is 30.9 Å². The Morgan fingerprint density at radius 1 is 0.545 bits per heavy atom. The number of rotatable bonds is 19. The molecule has 0 aromatic rings. The quantitative estimate of drug-likeness (QED) is 0.151. The fraction of sp³-hybridized carbons (Fsp3) is 1.00. The van der Waals surface area contributed by atoms with Crippen LogP contribution in [0.15, 0.2) is 0 Å². The minimum Gasteiger partial charge on any atom is -0.456 e. The molecule has 0 heterocycles. The van der Waals surface area contributed by atoms with E-state index in [1.807, 2.05) is 0 Å². The lowest BCUT2D eigenvalue weighted by Crippen LogP contribution is -2.66. The van der Waals surface area contributed by atoms with Gasteiger partial charge in [-0.1, -0.05) is 41.5 Å². The van der Waals surface area contributed by atoms with Crippen LogP contribution in [0.5, 0.6) is 0 Å². The van der Waals surface area contributed by atoms with Crippen LogP contribution in [-0.2, 0) is 13.0 Å². The van der Waals surface area contributed by atoms with Crippen LogP contribution in [-0.4, -0.2) is 66.7 Å². The van der Waals surface area contributed by atoms with Crippen molar-refractivity contribution in [2.45, 2.75) is 135 Å². The summed E-state index contributed by atoms with van der Waals surface area (Å²) in [5, 5.41) is 0. The first-order valence-electron chi connectivity index (χ1n) is 13.8. The molecule has 0 unspecified atom stereocenters. The Kier molecular flexibility index (Phi) is 15.0. The van der Waals surface area contributed by atoms with Gasteiger partial charge < -0.3 is 17.2 Å². The maximum Gasteiger partial charge on any atom is 0.334 e. The summed E-state index contributed by atoms with van der Waals surface area (Å²) < 4.78 is 21.7. The van der Waals surface area contributed by atoms with E-state index in [0.717, 1.165) is 12.1 Å². The van der Waals surface area contributed by atoms with Crippen LogP contribution in [0.25, 0.3) is 0 Å². The summed E-state index contributed by atoms with van der Waals surface area (Å²) in [5.74, 6) is 0. The standard InChI is InChI=1S/C24H61NO3Si5/c1-14-32(15-2,16-3)25(33(17-4,18-5)19-6)21-20-22-29(9,10)28-30(11,12)23-24-31(13,26-7)27-8/h14-24H2,1-13H3. The highest BCUT2D eigenvalue weighted by Crippen LogP contribution is 2.36. The molecule has 0 rings (SSSR count). The second-order valence-corrected chi connectivity index (χ2v) is 34.6. The van der Waals surface area contributed by atoms with Gasteiger partial charge in [0.2, 0.25) is 0 Å². The Labute approximate surface area is 214 Å². The van der Waals surface area contributed by atoms with Crippen LogP contribution in [0.3, 0.4) is 0 Å².